The van der Waals surface area contributed by atoms with E-state index < -0.39 is 0 Å². The Bertz CT molecular complexity index is 100. The van der Waals surface area contributed by atoms with Crippen molar-refractivity contribution < 1.29 is 0 Å². The van der Waals surface area contributed by atoms with E-state index in [0.29, 0.717) is 5.41 Å². The van der Waals surface area contributed by atoms with Gasteiger partial charge in [0.05, 0.1) is 0 Å². The fraction of sp³-hybridized carbons (Fsp3) is 1.00. The zero-order valence-corrected chi connectivity index (χ0v) is 9.53. The maximum absolute atomic E-state index is 5.80. The van der Waals surface area contributed by atoms with Gasteiger partial charge in [-0.2, -0.15) is 0 Å². The first-order valence-corrected chi connectivity index (χ1v) is 5.65. The predicted molar refractivity (Wildman–Crippen MR) is 59.8 cm³/mol. The summed E-state index contributed by atoms with van der Waals surface area (Å²) in [6, 6.07) is 0. The second-order valence-electron chi connectivity index (χ2n) is 3.94. The Morgan fingerprint density at radius 1 is 1.15 bits per heavy atom. The van der Waals surface area contributed by atoms with Crippen LogP contribution in [0, 0.1) is 5.41 Å². The molecule has 3 N–H and O–H groups in total. The molecule has 0 aromatic heterocycles. The van der Waals surface area contributed by atoms with Crippen molar-refractivity contribution >= 4 is 0 Å². The molecule has 0 saturated heterocycles. The van der Waals surface area contributed by atoms with Gasteiger partial charge >= 0.3 is 0 Å². The van der Waals surface area contributed by atoms with Crippen molar-refractivity contribution in [2.75, 3.05) is 19.6 Å². The van der Waals surface area contributed by atoms with Crippen LogP contribution in [0.3, 0.4) is 0 Å². The van der Waals surface area contributed by atoms with E-state index in [1.54, 1.807) is 0 Å². The summed E-state index contributed by atoms with van der Waals surface area (Å²) < 4.78 is 0. The van der Waals surface area contributed by atoms with Crippen LogP contribution in [0.4, 0.5) is 0 Å². The van der Waals surface area contributed by atoms with Crippen LogP contribution in [0.1, 0.15) is 46.5 Å². The van der Waals surface area contributed by atoms with Gasteiger partial charge in [-0.3, -0.25) is 0 Å². The maximum atomic E-state index is 5.80. The predicted octanol–water partition coefficient (Wildman–Crippen LogP) is 2.14. The monoisotopic (exact) mass is 186 g/mol. The molecule has 80 valence electrons. The number of hydrogen-bond acceptors (Lipinski definition) is 2. The van der Waals surface area contributed by atoms with Crippen LogP contribution in [0.2, 0.25) is 0 Å². The third-order valence-electron chi connectivity index (χ3n) is 3.14. The minimum atomic E-state index is 0.341. The van der Waals surface area contributed by atoms with Crippen LogP contribution in [-0.2, 0) is 0 Å². The van der Waals surface area contributed by atoms with Crippen LogP contribution < -0.4 is 11.1 Å². The fourth-order valence-electron chi connectivity index (χ4n) is 1.52. The normalized spacial score (nSPS) is 12.0. The van der Waals surface area contributed by atoms with E-state index in [0.717, 1.165) is 19.6 Å². The molecule has 0 amide bonds. The van der Waals surface area contributed by atoms with Crippen molar-refractivity contribution in [2.45, 2.75) is 46.5 Å². The SMILES string of the molecule is CCCCNCC(CC)(CC)CN. The highest BCUT2D eigenvalue weighted by Crippen LogP contribution is 2.23. The van der Waals surface area contributed by atoms with E-state index in [4.69, 9.17) is 5.73 Å². The van der Waals surface area contributed by atoms with Gasteiger partial charge in [0.15, 0.2) is 0 Å². The van der Waals surface area contributed by atoms with Crippen LogP contribution >= 0.6 is 0 Å². The Labute approximate surface area is 83.3 Å². The molecule has 0 radical (unpaired) electrons. The van der Waals surface area contributed by atoms with Crippen LogP contribution in [0.25, 0.3) is 0 Å². The van der Waals surface area contributed by atoms with Crippen LogP contribution in [0.5, 0.6) is 0 Å². The Balaban J connectivity index is 3.68. The number of hydrogen-bond donors (Lipinski definition) is 2. The summed E-state index contributed by atoms with van der Waals surface area (Å²) in [5, 5.41) is 3.50. The molecular weight excluding hydrogens is 160 g/mol. The summed E-state index contributed by atoms with van der Waals surface area (Å²) in [5.41, 5.74) is 6.14. The van der Waals surface area contributed by atoms with Gasteiger partial charge in [0.25, 0.3) is 0 Å². The van der Waals surface area contributed by atoms with Gasteiger partial charge < -0.3 is 11.1 Å². The minimum absolute atomic E-state index is 0.341. The van der Waals surface area contributed by atoms with Gasteiger partial charge in [0.2, 0.25) is 0 Å². The van der Waals surface area contributed by atoms with Crippen LogP contribution in [0.15, 0.2) is 0 Å². The van der Waals surface area contributed by atoms with Gasteiger partial charge in [-0.15, -0.1) is 0 Å². The van der Waals surface area contributed by atoms with Gasteiger partial charge in [-0.1, -0.05) is 27.2 Å². The largest absolute Gasteiger partial charge is 0.330 e. The first-order chi connectivity index (χ1) is 6.24. The smallest absolute Gasteiger partial charge is 0.00197 e. The highest BCUT2D eigenvalue weighted by Gasteiger charge is 2.23. The summed E-state index contributed by atoms with van der Waals surface area (Å²) >= 11 is 0. The number of unbranched alkanes of at least 4 members (excludes halogenated alkanes) is 1. The minimum Gasteiger partial charge on any atom is -0.330 e. The van der Waals surface area contributed by atoms with Gasteiger partial charge in [-0.25, -0.2) is 0 Å². The summed E-state index contributed by atoms with van der Waals surface area (Å²) in [6.45, 7) is 9.71. The molecule has 0 spiro atoms. The zero-order valence-electron chi connectivity index (χ0n) is 9.53. The van der Waals surface area contributed by atoms with Crippen molar-refractivity contribution in [1.29, 1.82) is 0 Å². The fourth-order valence-corrected chi connectivity index (χ4v) is 1.52. The van der Waals surface area contributed by atoms with E-state index >= 15 is 0 Å². The zero-order chi connectivity index (χ0) is 10.2. The van der Waals surface area contributed by atoms with E-state index in [1.165, 1.54) is 25.7 Å². The highest BCUT2D eigenvalue weighted by molar-refractivity contribution is 4.79. The lowest BCUT2D eigenvalue weighted by Gasteiger charge is -2.30. The summed E-state index contributed by atoms with van der Waals surface area (Å²) in [6.07, 6.45) is 4.90. The molecule has 0 saturated carbocycles. The molecular formula is C11H26N2. The Morgan fingerprint density at radius 2 is 1.77 bits per heavy atom. The summed E-state index contributed by atoms with van der Waals surface area (Å²) in [5.74, 6) is 0. The molecule has 13 heavy (non-hydrogen) atoms. The third kappa shape index (κ3) is 4.63. The van der Waals surface area contributed by atoms with E-state index in [1.807, 2.05) is 0 Å². The van der Waals surface area contributed by atoms with Crippen molar-refractivity contribution in [3.63, 3.8) is 0 Å². The van der Waals surface area contributed by atoms with Crippen molar-refractivity contribution in [2.24, 2.45) is 11.1 Å². The number of nitrogens with two attached hydrogens (primary N) is 1. The molecule has 0 bridgehead atoms. The van der Waals surface area contributed by atoms with Gasteiger partial charge in [-0.05, 0) is 37.8 Å². The molecule has 0 aliphatic carbocycles. The molecule has 0 aliphatic rings. The second-order valence-corrected chi connectivity index (χ2v) is 3.94. The van der Waals surface area contributed by atoms with Gasteiger partial charge in [0, 0.05) is 6.54 Å². The lowest BCUT2D eigenvalue weighted by molar-refractivity contribution is 0.259. The number of nitrogens with one attached hydrogen (secondary N) is 1. The lowest BCUT2D eigenvalue weighted by Crippen LogP contribution is -2.39. The third-order valence-corrected chi connectivity index (χ3v) is 3.14. The second kappa shape index (κ2) is 7.34. The molecule has 0 unspecified atom stereocenters. The summed E-state index contributed by atoms with van der Waals surface area (Å²) in [7, 11) is 0. The van der Waals surface area contributed by atoms with E-state index in [2.05, 4.69) is 26.1 Å². The summed E-state index contributed by atoms with van der Waals surface area (Å²) in [4.78, 5) is 0. The van der Waals surface area contributed by atoms with Crippen molar-refractivity contribution in [3.05, 3.63) is 0 Å². The standard InChI is InChI=1S/C11H26N2/c1-4-7-8-13-10-11(5-2,6-3)9-12/h13H,4-10,12H2,1-3H3. The molecule has 0 aromatic rings. The molecule has 0 heterocycles. The van der Waals surface area contributed by atoms with E-state index in [9.17, 15) is 0 Å². The molecule has 0 fully saturated rings. The average molecular weight is 186 g/mol. The molecule has 0 rings (SSSR count). The number of rotatable bonds is 8. The molecule has 0 aliphatic heterocycles. The molecule has 0 atom stereocenters. The average Bonchev–Trinajstić information content (AvgIpc) is 2.20. The topological polar surface area (TPSA) is 38.0 Å². The highest BCUT2D eigenvalue weighted by atomic mass is 14.9. The first kappa shape index (κ1) is 12.9. The maximum Gasteiger partial charge on any atom is 0.00197 e. The quantitative estimate of drug-likeness (QED) is 0.570. The first-order valence-electron chi connectivity index (χ1n) is 5.65. The Kier molecular flexibility index (Phi) is 7.29. The van der Waals surface area contributed by atoms with Crippen molar-refractivity contribution in [1.82, 2.24) is 5.32 Å². The lowest BCUT2D eigenvalue weighted by atomic mass is 9.82. The van der Waals surface area contributed by atoms with E-state index in [-0.39, 0.29) is 0 Å². The van der Waals surface area contributed by atoms with Crippen LogP contribution in [-0.4, -0.2) is 19.6 Å². The molecule has 2 nitrogen and oxygen atoms in total. The van der Waals surface area contributed by atoms with Gasteiger partial charge in [0.1, 0.15) is 0 Å². The Hall–Kier alpha value is -0.0800. The Morgan fingerprint density at radius 3 is 2.15 bits per heavy atom. The van der Waals surface area contributed by atoms with Crippen molar-refractivity contribution in [3.8, 4) is 0 Å². The molecule has 2 heteroatoms. The molecule has 0 aromatic carbocycles.